The number of hydrogen-bond acceptors (Lipinski definition) is 7. The Kier molecular flexibility index (Phi) is 8.05. The Balaban J connectivity index is 1.79. The second-order valence-corrected chi connectivity index (χ2v) is 9.55. The van der Waals surface area contributed by atoms with Gasteiger partial charge in [0.2, 0.25) is 0 Å². The normalized spacial score (nSPS) is 12.1. The van der Waals surface area contributed by atoms with E-state index in [-0.39, 0.29) is 34.4 Å². The number of hydrogen-bond donors (Lipinski definition) is 2. The Morgan fingerprint density at radius 2 is 1.74 bits per heavy atom. The van der Waals surface area contributed by atoms with Gasteiger partial charge < -0.3 is 15.0 Å². The lowest BCUT2D eigenvalue weighted by atomic mass is 10.1. The van der Waals surface area contributed by atoms with Crippen molar-refractivity contribution in [2.45, 2.75) is 10.9 Å². The number of carbonyl (C=O) groups excluding carboxylic acids is 1. The number of nitrogens with zero attached hydrogens (tertiary/aromatic N) is 2. The fraction of sp³-hybridized carbons (Fsp3) is 0.208. The number of carbonyl (C=O) groups is 1. The molecule has 0 bridgehead atoms. The fourth-order valence-electron chi connectivity index (χ4n) is 3.45. The molecule has 1 amide bonds. The first-order valence-corrected chi connectivity index (χ1v) is 12.1. The lowest BCUT2D eigenvalue weighted by Gasteiger charge is -2.25. The first kappa shape index (κ1) is 25.7. The van der Waals surface area contributed by atoms with Gasteiger partial charge in [-0.3, -0.25) is 19.6 Å². The van der Waals surface area contributed by atoms with Gasteiger partial charge in [-0.05, 0) is 50.0 Å². The topological polar surface area (TPSA) is 131 Å². The van der Waals surface area contributed by atoms with Gasteiger partial charge in [0, 0.05) is 18.7 Å². The second-order valence-electron chi connectivity index (χ2n) is 7.87. The number of anilines is 1. The van der Waals surface area contributed by atoms with Crippen LogP contribution < -0.4 is 14.8 Å². The van der Waals surface area contributed by atoms with Crippen LogP contribution in [0.3, 0.4) is 0 Å². The zero-order chi connectivity index (χ0) is 25.6. The third-order valence-electron chi connectivity index (χ3n) is 5.33. The van der Waals surface area contributed by atoms with E-state index >= 15 is 0 Å². The summed E-state index contributed by atoms with van der Waals surface area (Å²) in [6.07, 6.45) is 0. The summed E-state index contributed by atoms with van der Waals surface area (Å²) >= 11 is 0. The van der Waals surface area contributed by atoms with Crippen molar-refractivity contribution in [1.29, 1.82) is 0 Å². The molecule has 2 N–H and O–H groups in total. The number of likely N-dealkylation sites (N-methyl/N-ethyl adjacent to an activating group) is 1. The van der Waals surface area contributed by atoms with Gasteiger partial charge in [-0.25, -0.2) is 8.42 Å². The molecule has 10 nitrogen and oxygen atoms in total. The zero-order valence-corrected chi connectivity index (χ0v) is 20.3. The molecule has 0 fully saturated rings. The van der Waals surface area contributed by atoms with E-state index in [0.29, 0.717) is 0 Å². The van der Waals surface area contributed by atoms with Crippen LogP contribution in [-0.4, -0.2) is 51.9 Å². The molecule has 3 aromatic rings. The number of methoxy groups -OCH3 is 1. The van der Waals surface area contributed by atoms with Crippen molar-refractivity contribution in [3.63, 3.8) is 0 Å². The van der Waals surface area contributed by atoms with E-state index in [4.69, 9.17) is 4.74 Å². The van der Waals surface area contributed by atoms with Gasteiger partial charge in [0.15, 0.2) is 0 Å². The number of benzene rings is 3. The maximum atomic E-state index is 13.0. The van der Waals surface area contributed by atoms with Crippen molar-refractivity contribution in [2.24, 2.45) is 0 Å². The monoisotopic (exact) mass is 498 g/mol. The number of nitrogens with one attached hydrogen (secondary N) is 2. The highest BCUT2D eigenvalue weighted by atomic mass is 32.2. The van der Waals surface area contributed by atoms with E-state index in [2.05, 4.69) is 10.0 Å². The predicted molar refractivity (Wildman–Crippen MR) is 132 cm³/mol. The van der Waals surface area contributed by atoms with Crippen molar-refractivity contribution < 1.29 is 22.9 Å². The second kappa shape index (κ2) is 11.0. The standard InChI is InChI=1S/C24H26N4O6S/c1-27(2)23(17-11-13-19(34-3)14-12-17)16-25-24(29)21-9-4-5-10-22(21)26-35(32,33)20-8-6-7-18(15-20)28(30)31/h4-15,23,26H,16H2,1-3H3,(H,25,29). The summed E-state index contributed by atoms with van der Waals surface area (Å²) in [5.41, 5.74) is 0.791. The third-order valence-corrected chi connectivity index (χ3v) is 6.70. The minimum atomic E-state index is -4.17. The molecule has 0 radical (unpaired) electrons. The average Bonchev–Trinajstić information content (AvgIpc) is 2.84. The summed E-state index contributed by atoms with van der Waals surface area (Å²) in [5, 5.41) is 13.9. The Morgan fingerprint density at radius 3 is 2.37 bits per heavy atom. The van der Waals surface area contributed by atoms with E-state index in [0.717, 1.165) is 17.4 Å². The molecule has 0 aliphatic rings. The molecule has 1 atom stereocenters. The van der Waals surface area contributed by atoms with Crippen LogP contribution in [-0.2, 0) is 10.0 Å². The molecule has 0 heterocycles. The molecule has 0 aliphatic heterocycles. The lowest BCUT2D eigenvalue weighted by molar-refractivity contribution is -0.385. The Bertz CT molecular complexity index is 1310. The van der Waals surface area contributed by atoms with E-state index < -0.39 is 20.9 Å². The smallest absolute Gasteiger partial charge is 0.270 e. The number of sulfonamides is 1. The van der Waals surface area contributed by atoms with Crippen LogP contribution in [0.25, 0.3) is 0 Å². The molecule has 35 heavy (non-hydrogen) atoms. The summed E-state index contributed by atoms with van der Waals surface area (Å²) in [6.45, 7) is 0.268. The summed E-state index contributed by atoms with van der Waals surface area (Å²) < 4.78 is 33.3. The predicted octanol–water partition coefficient (Wildman–Crippen LogP) is 3.44. The molecule has 0 aromatic heterocycles. The van der Waals surface area contributed by atoms with Gasteiger partial charge in [0.25, 0.3) is 21.6 Å². The summed E-state index contributed by atoms with van der Waals surface area (Å²) in [7, 11) is 1.19. The van der Waals surface area contributed by atoms with Crippen LogP contribution in [0.2, 0.25) is 0 Å². The number of nitro groups is 1. The van der Waals surface area contributed by atoms with Gasteiger partial charge in [0.05, 0.1) is 34.2 Å². The highest BCUT2D eigenvalue weighted by Crippen LogP contribution is 2.24. The molecule has 11 heteroatoms. The van der Waals surface area contributed by atoms with E-state index in [1.165, 1.54) is 30.3 Å². The van der Waals surface area contributed by atoms with E-state index in [1.807, 2.05) is 43.3 Å². The number of rotatable bonds is 10. The largest absolute Gasteiger partial charge is 0.497 e. The van der Waals surface area contributed by atoms with Crippen LogP contribution in [0.1, 0.15) is 22.0 Å². The molecule has 1 unspecified atom stereocenters. The summed E-state index contributed by atoms with van der Waals surface area (Å²) in [4.78, 5) is 25.0. The summed E-state index contributed by atoms with van der Waals surface area (Å²) in [6, 6.07) is 18.2. The van der Waals surface area contributed by atoms with Crippen LogP contribution in [0.4, 0.5) is 11.4 Å². The molecular weight excluding hydrogens is 472 g/mol. The van der Waals surface area contributed by atoms with Gasteiger partial charge in [-0.15, -0.1) is 0 Å². The Morgan fingerprint density at radius 1 is 1.06 bits per heavy atom. The van der Waals surface area contributed by atoms with Gasteiger partial charge in [0.1, 0.15) is 5.75 Å². The highest BCUT2D eigenvalue weighted by Gasteiger charge is 2.22. The first-order valence-electron chi connectivity index (χ1n) is 10.6. The van der Waals surface area contributed by atoms with Crippen LogP contribution in [0.15, 0.2) is 77.7 Å². The van der Waals surface area contributed by atoms with Crippen LogP contribution >= 0.6 is 0 Å². The number of non-ortho nitro benzene ring substituents is 1. The van der Waals surface area contributed by atoms with Crippen LogP contribution in [0, 0.1) is 10.1 Å². The van der Waals surface area contributed by atoms with E-state index in [9.17, 15) is 23.3 Å². The van der Waals surface area contributed by atoms with Crippen molar-refractivity contribution in [1.82, 2.24) is 10.2 Å². The minimum Gasteiger partial charge on any atom is -0.497 e. The quantitative estimate of drug-likeness (QED) is 0.323. The highest BCUT2D eigenvalue weighted by molar-refractivity contribution is 7.92. The number of ether oxygens (including phenoxy) is 1. The average molecular weight is 499 g/mol. The molecular formula is C24H26N4O6S. The van der Waals surface area contributed by atoms with Gasteiger partial charge >= 0.3 is 0 Å². The molecule has 0 spiro atoms. The third kappa shape index (κ3) is 6.34. The lowest BCUT2D eigenvalue weighted by Crippen LogP contribution is -2.35. The minimum absolute atomic E-state index is 0.0577. The maximum Gasteiger partial charge on any atom is 0.270 e. The molecule has 0 saturated heterocycles. The van der Waals surface area contributed by atoms with Crippen molar-refractivity contribution >= 4 is 27.3 Å². The first-order chi connectivity index (χ1) is 16.6. The SMILES string of the molecule is COc1ccc(C(CNC(=O)c2ccccc2NS(=O)(=O)c2cccc([N+](=O)[O-])c2)N(C)C)cc1. The van der Waals surface area contributed by atoms with Crippen LogP contribution in [0.5, 0.6) is 5.75 Å². The Hall–Kier alpha value is -3.96. The zero-order valence-electron chi connectivity index (χ0n) is 19.5. The van der Waals surface area contributed by atoms with Gasteiger partial charge in [-0.1, -0.05) is 30.3 Å². The molecule has 184 valence electrons. The molecule has 0 aliphatic carbocycles. The van der Waals surface area contributed by atoms with Gasteiger partial charge in [-0.2, -0.15) is 0 Å². The van der Waals surface area contributed by atoms with Crippen molar-refractivity contribution in [3.8, 4) is 5.75 Å². The molecule has 3 aromatic carbocycles. The molecule has 3 rings (SSSR count). The Labute approximate surface area is 203 Å². The summed E-state index contributed by atoms with van der Waals surface area (Å²) in [5.74, 6) is 0.253. The number of nitro benzene ring substituents is 1. The molecule has 0 saturated carbocycles. The van der Waals surface area contributed by atoms with Crippen molar-refractivity contribution in [3.05, 3.63) is 94.0 Å². The fourth-order valence-corrected chi connectivity index (χ4v) is 4.57. The van der Waals surface area contributed by atoms with Crippen molar-refractivity contribution in [2.75, 3.05) is 32.5 Å². The number of amides is 1. The maximum absolute atomic E-state index is 13.0. The van der Waals surface area contributed by atoms with E-state index in [1.54, 1.807) is 19.2 Å². The number of para-hydroxylation sites is 1.